The van der Waals surface area contributed by atoms with Crippen LogP contribution in [0, 0.1) is 5.92 Å². The van der Waals surface area contributed by atoms with E-state index in [0.29, 0.717) is 11.5 Å². The zero-order chi connectivity index (χ0) is 9.14. The molecule has 1 saturated heterocycles. The Morgan fingerprint density at radius 3 is 2.67 bits per heavy atom. The van der Waals surface area contributed by atoms with Crippen LogP contribution in [0.2, 0.25) is 0 Å². The van der Waals surface area contributed by atoms with E-state index >= 15 is 0 Å². The van der Waals surface area contributed by atoms with Crippen LogP contribution in [0.3, 0.4) is 0 Å². The van der Waals surface area contributed by atoms with E-state index in [0.717, 1.165) is 19.4 Å². The molecule has 0 saturated carbocycles. The Morgan fingerprint density at radius 2 is 2.17 bits per heavy atom. The van der Waals surface area contributed by atoms with Crippen LogP contribution in [0.1, 0.15) is 12.8 Å². The molecule has 1 rings (SSSR count). The Bertz CT molecular complexity index is 187. The average molecular weight is 187 g/mol. The Labute approximate surface area is 76.9 Å². The topological polar surface area (TPSA) is 72.4 Å². The van der Waals surface area contributed by atoms with Gasteiger partial charge in [-0.2, -0.15) is 0 Å². The van der Waals surface area contributed by atoms with Crippen LogP contribution in [0.15, 0.2) is 0 Å². The first-order valence-electron chi connectivity index (χ1n) is 3.95. The predicted molar refractivity (Wildman–Crippen MR) is 50.7 cm³/mol. The zero-order valence-electron chi connectivity index (χ0n) is 6.82. The summed E-state index contributed by atoms with van der Waals surface area (Å²) in [5, 5.41) is 0. The number of nitrogens with zero attached hydrogens (tertiary/aromatic N) is 1. The van der Waals surface area contributed by atoms with Gasteiger partial charge in [0, 0.05) is 19.0 Å². The monoisotopic (exact) mass is 187 g/mol. The summed E-state index contributed by atoms with van der Waals surface area (Å²) in [6.07, 6.45) is 1.91. The van der Waals surface area contributed by atoms with Gasteiger partial charge in [0.1, 0.15) is 0 Å². The summed E-state index contributed by atoms with van der Waals surface area (Å²) in [5.41, 5.74) is 10.6. The minimum Gasteiger partial charge on any atom is -0.393 e. The third kappa shape index (κ3) is 2.07. The standard InChI is InChI=1S/C7H13N3OS/c8-6(12)5-2-1-3-10(4-5)7(9)11/h5H,1-4H2,(H2,8,12)(H2,9,11). The molecule has 0 aromatic rings. The third-order valence-electron chi connectivity index (χ3n) is 2.14. The molecule has 4 nitrogen and oxygen atoms in total. The second-order valence-corrected chi connectivity index (χ2v) is 3.50. The van der Waals surface area contributed by atoms with Crippen LogP contribution >= 0.6 is 12.2 Å². The van der Waals surface area contributed by atoms with Crippen molar-refractivity contribution in [2.45, 2.75) is 12.8 Å². The van der Waals surface area contributed by atoms with Gasteiger partial charge in [-0.05, 0) is 12.8 Å². The summed E-state index contributed by atoms with van der Waals surface area (Å²) in [7, 11) is 0. The molecule has 1 unspecified atom stereocenters. The number of rotatable bonds is 1. The van der Waals surface area contributed by atoms with E-state index in [-0.39, 0.29) is 11.9 Å². The SMILES string of the molecule is NC(=O)N1CCCC(C(N)=S)C1. The molecule has 1 fully saturated rings. The van der Waals surface area contributed by atoms with E-state index in [9.17, 15) is 4.79 Å². The van der Waals surface area contributed by atoms with E-state index in [4.69, 9.17) is 23.7 Å². The highest BCUT2D eigenvalue weighted by atomic mass is 32.1. The van der Waals surface area contributed by atoms with Crippen LogP contribution in [-0.4, -0.2) is 29.0 Å². The molecule has 0 aromatic heterocycles. The number of hydrogen-bond donors (Lipinski definition) is 2. The van der Waals surface area contributed by atoms with Crippen molar-refractivity contribution in [1.82, 2.24) is 4.90 Å². The lowest BCUT2D eigenvalue weighted by molar-refractivity contribution is 0.187. The van der Waals surface area contributed by atoms with Crippen LogP contribution < -0.4 is 11.5 Å². The van der Waals surface area contributed by atoms with Crippen molar-refractivity contribution in [1.29, 1.82) is 0 Å². The fraction of sp³-hybridized carbons (Fsp3) is 0.714. The zero-order valence-corrected chi connectivity index (χ0v) is 7.64. The molecule has 0 aliphatic carbocycles. The first-order valence-corrected chi connectivity index (χ1v) is 4.36. The lowest BCUT2D eigenvalue weighted by Crippen LogP contribution is -2.45. The molecule has 0 spiro atoms. The number of thiocarbonyl (C=S) groups is 1. The van der Waals surface area contributed by atoms with E-state index in [1.165, 1.54) is 0 Å². The maximum Gasteiger partial charge on any atom is 0.314 e. The lowest BCUT2D eigenvalue weighted by Gasteiger charge is -2.30. The highest BCUT2D eigenvalue weighted by Crippen LogP contribution is 2.15. The minimum absolute atomic E-state index is 0.154. The summed E-state index contributed by atoms with van der Waals surface area (Å²) in [6.45, 7) is 1.32. The number of carbonyl (C=O) groups is 1. The normalized spacial score (nSPS) is 23.7. The molecule has 1 atom stereocenters. The van der Waals surface area contributed by atoms with Crippen molar-refractivity contribution < 1.29 is 4.79 Å². The van der Waals surface area contributed by atoms with Crippen LogP contribution in [0.5, 0.6) is 0 Å². The van der Waals surface area contributed by atoms with E-state index in [1.54, 1.807) is 4.90 Å². The molecule has 68 valence electrons. The second-order valence-electron chi connectivity index (χ2n) is 3.03. The van der Waals surface area contributed by atoms with E-state index in [2.05, 4.69) is 0 Å². The van der Waals surface area contributed by atoms with Gasteiger partial charge in [-0.3, -0.25) is 0 Å². The molecule has 1 heterocycles. The van der Waals surface area contributed by atoms with Crippen LogP contribution in [-0.2, 0) is 0 Å². The van der Waals surface area contributed by atoms with Crippen LogP contribution in [0.4, 0.5) is 4.79 Å². The largest absolute Gasteiger partial charge is 0.393 e. The molecule has 0 radical (unpaired) electrons. The second kappa shape index (κ2) is 3.71. The van der Waals surface area contributed by atoms with Gasteiger partial charge in [-0.25, -0.2) is 4.79 Å². The van der Waals surface area contributed by atoms with Gasteiger partial charge in [0.05, 0.1) is 4.99 Å². The number of likely N-dealkylation sites (tertiary alicyclic amines) is 1. The molecular weight excluding hydrogens is 174 g/mol. The Balaban J connectivity index is 2.51. The average Bonchev–Trinajstić information content (AvgIpc) is 2.04. The minimum atomic E-state index is -0.379. The number of amides is 2. The summed E-state index contributed by atoms with van der Waals surface area (Å²) < 4.78 is 0. The number of carbonyl (C=O) groups excluding carboxylic acids is 1. The molecule has 2 amide bonds. The fourth-order valence-electron chi connectivity index (χ4n) is 1.41. The summed E-state index contributed by atoms with van der Waals surface area (Å²) >= 11 is 4.85. The molecule has 0 bridgehead atoms. The quantitative estimate of drug-likeness (QED) is 0.570. The first kappa shape index (κ1) is 9.25. The number of hydrogen-bond acceptors (Lipinski definition) is 2. The van der Waals surface area contributed by atoms with Gasteiger partial charge in [0.15, 0.2) is 0 Å². The van der Waals surface area contributed by atoms with E-state index in [1.807, 2.05) is 0 Å². The molecule has 4 N–H and O–H groups in total. The summed E-state index contributed by atoms with van der Waals surface area (Å²) in [6, 6.07) is -0.379. The fourth-order valence-corrected chi connectivity index (χ4v) is 1.60. The third-order valence-corrected chi connectivity index (χ3v) is 2.47. The van der Waals surface area contributed by atoms with Crippen molar-refractivity contribution in [3.8, 4) is 0 Å². The van der Waals surface area contributed by atoms with Gasteiger partial charge in [-0.15, -0.1) is 0 Å². The molecule has 5 heteroatoms. The molecule has 12 heavy (non-hydrogen) atoms. The Kier molecular flexibility index (Phi) is 2.86. The van der Waals surface area contributed by atoms with Crippen molar-refractivity contribution in [3.05, 3.63) is 0 Å². The van der Waals surface area contributed by atoms with Crippen LogP contribution in [0.25, 0.3) is 0 Å². The smallest absolute Gasteiger partial charge is 0.314 e. The number of nitrogens with two attached hydrogens (primary N) is 2. The molecule has 1 aliphatic heterocycles. The van der Waals surface area contributed by atoms with Gasteiger partial charge >= 0.3 is 6.03 Å². The summed E-state index contributed by atoms with van der Waals surface area (Å²) in [5.74, 6) is 0.154. The number of urea groups is 1. The molecule has 1 aliphatic rings. The van der Waals surface area contributed by atoms with Gasteiger partial charge < -0.3 is 16.4 Å². The van der Waals surface area contributed by atoms with Crippen molar-refractivity contribution in [2.24, 2.45) is 17.4 Å². The molecule has 0 aromatic carbocycles. The van der Waals surface area contributed by atoms with Gasteiger partial charge in [0.2, 0.25) is 0 Å². The highest BCUT2D eigenvalue weighted by molar-refractivity contribution is 7.80. The Morgan fingerprint density at radius 1 is 1.50 bits per heavy atom. The highest BCUT2D eigenvalue weighted by Gasteiger charge is 2.23. The maximum absolute atomic E-state index is 10.8. The van der Waals surface area contributed by atoms with Crippen molar-refractivity contribution in [2.75, 3.05) is 13.1 Å². The van der Waals surface area contributed by atoms with E-state index < -0.39 is 0 Å². The maximum atomic E-state index is 10.8. The van der Waals surface area contributed by atoms with Gasteiger partial charge in [0.25, 0.3) is 0 Å². The van der Waals surface area contributed by atoms with Crippen molar-refractivity contribution >= 4 is 23.2 Å². The number of piperidine rings is 1. The lowest BCUT2D eigenvalue weighted by atomic mass is 9.98. The molecular formula is C7H13N3OS. The summed E-state index contributed by atoms with van der Waals surface area (Å²) in [4.78, 5) is 12.9. The van der Waals surface area contributed by atoms with Crippen molar-refractivity contribution in [3.63, 3.8) is 0 Å². The number of primary amides is 1. The Hall–Kier alpha value is -0.840. The first-order chi connectivity index (χ1) is 5.61. The predicted octanol–water partition coefficient (Wildman–Crippen LogP) is 0.0632. The van der Waals surface area contributed by atoms with Gasteiger partial charge in [-0.1, -0.05) is 12.2 Å².